The van der Waals surface area contributed by atoms with E-state index in [-0.39, 0.29) is 30.0 Å². The van der Waals surface area contributed by atoms with E-state index in [2.05, 4.69) is 44.2 Å². The monoisotopic (exact) mass is 509 g/mol. The molecule has 0 saturated heterocycles. The largest absolute Gasteiger partial charge is 0.350 e. The summed E-state index contributed by atoms with van der Waals surface area (Å²) in [4.78, 5) is 8.78. The minimum absolute atomic E-state index is 0. The number of hydrogen-bond donors (Lipinski definition) is 2. The number of imidazole rings is 1. The van der Waals surface area contributed by atoms with Crippen LogP contribution in [0.2, 0.25) is 5.02 Å². The molecule has 0 aliphatic heterocycles. The Bertz CT molecular complexity index is 895. The predicted octanol–water partition coefficient (Wildman–Crippen LogP) is 4.63. The van der Waals surface area contributed by atoms with Crippen LogP contribution in [-0.4, -0.2) is 22.6 Å². The summed E-state index contributed by atoms with van der Waals surface area (Å²) >= 11 is 6.09. The van der Waals surface area contributed by atoms with Gasteiger partial charge in [0.15, 0.2) is 5.96 Å². The van der Waals surface area contributed by atoms with E-state index >= 15 is 0 Å². The van der Waals surface area contributed by atoms with Crippen molar-refractivity contribution in [2.24, 2.45) is 4.99 Å². The van der Waals surface area contributed by atoms with Gasteiger partial charge in [0.2, 0.25) is 0 Å². The van der Waals surface area contributed by atoms with Crippen molar-refractivity contribution in [2.75, 3.05) is 7.05 Å². The van der Waals surface area contributed by atoms with Crippen LogP contribution in [0, 0.1) is 0 Å². The Morgan fingerprint density at radius 2 is 1.96 bits per heavy atom. The van der Waals surface area contributed by atoms with Gasteiger partial charge in [-0.15, -0.1) is 24.0 Å². The highest BCUT2D eigenvalue weighted by atomic mass is 127. The van der Waals surface area contributed by atoms with E-state index < -0.39 is 0 Å². The number of hydrogen-bond acceptors (Lipinski definition) is 2. The molecule has 1 unspecified atom stereocenters. The van der Waals surface area contributed by atoms with Crippen LogP contribution in [0.3, 0.4) is 0 Å². The second-order valence-electron chi connectivity index (χ2n) is 6.30. The van der Waals surface area contributed by atoms with Gasteiger partial charge >= 0.3 is 0 Å². The molecular formula is C21H25ClIN5. The lowest BCUT2D eigenvalue weighted by Gasteiger charge is -2.18. The average Bonchev–Trinajstić information content (AvgIpc) is 3.12. The number of nitrogens with zero attached hydrogens (tertiary/aromatic N) is 3. The molecule has 7 heteroatoms. The number of halogens is 2. The Kier molecular flexibility index (Phi) is 8.79. The molecule has 0 saturated carbocycles. The molecule has 0 bridgehead atoms. The van der Waals surface area contributed by atoms with E-state index in [9.17, 15) is 0 Å². The summed E-state index contributed by atoms with van der Waals surface area (Å²) in [6.45, 7) is 3.46. The van der Waals surface area contributed by atoms with Gasteiger partial charge in [0.05, 0.1) is 12.6 Å². The first-order valence-electron chi connectivity index (χ1n) is 8.92. The molecule has 0 radical (unpaired) electrons. The normalized spacial score (nSPS) is 12.2. The molecule has 3 aromatic rings. The van der Waals surface area contributed by atoms with Gasteiger partial charge in [0.25, 0.3) is 0 Å². The number of aromatic nitrogens is 2. The molecule has 1 atom stereocenters. The summed E-state index contributed by atoms with van der Waals surface area (Å²) in [5.41, 5.74) is 2.35. The highest BCUT2D eigenvalue weighted by Crippen LogP contribution is 2.17. The lowest BCUT2D eigenvalue weighted by atomic mass is 10.1. The predicted molar refractivity (Wildman–Crippen MR) is 126 cm³/mol. The van der Waals surface area contributed by atoms with Crippen LogP contribution in [-0.2, 0) is 13.1 Å². The minimum Gasteiger partial charge on any atom is -0.350 e. The minimum atomic E-state index is 0. The number of benzene rings is 2. The Hall–Kier alpha value is -2.06. The molecule has 0 spiro atoms. The van der Waals surface area contributed by atoms with Crippen molar-refractivity contribution in [2.45, 2.75) is 26.1 Å². The first-order valence-corrected chi connectivity index (χ1v) is 9.30. The Labute approximate surface area is 188 Å². The number of aliphatic imine (C=N–C) groups is 1. The zero-order chi connectivity index (χ0) is 19.1. The first-order chi connectivity index (χ1) is 13.2. The Morgan fingerprint density at radius 1 is 1.18 bits per heavy atom. The van der Waals surface area contributed by atoms with E-state index in [1.807, 2.05) is 54.9 Å². The van der Waals surface area contributed by atoms with Crippen molar-refractivity contribution in [1.29, 1.82) is 0 Å². The third-order valence-electron chi connectivity index (χ3n) is 4.34. The summed E-state index contributed by atoms with van der Waals surface area (Å²) < 4.78 is 2.13. The number of guanidine groups is 1. The van der Waals surface area contributed by atoms with Gasteiger partial charge in [-0.1, -0.05) is 54.1 Å². The SMILES string of the molecule is CN=C(NCc1nccn1Cc1ccccc1)NC(C)c1cccc(Cl)c1.I. The van der Waals surface area contributed by atoms with E-state index in [4.69, 9.17) is 11.6 Å². The molecule has 28 heavy (non-hydrogen) atoms. The fourth-order valence-electron chi connectivity index (χ4n) is 2.85. The average molecular weight is 510 g/mol. The van der Waals surface area contributed by atoms with E-state index in [0.717, 1.165) is 28.9 Å². The van der Waals surface area contributed by atoms with Crippen LogP contribution in [0.1, 0.15) is 29.9 Å². The highest BCUT2D eigenvalue weighted by Gasteiger charge is 2.10. The van der Waals surface area contributed by atoms with Crippen molar-refractivity contribution < 1.29 is 0 Å². The summed E-state index contributed by atoms with van der Waals surface area (Å²) in [6, 6.07) is 18.3. The molecule has 0 amide bonds. The molecule has 5 nitrogen and oxygen atoms in total. The van der Waals surface area contributed by atoms with Gasteiger partial charge in [-0.05, 0) is 30.2 Å². The quantitative estimate of drug-likeness (QED) is 0.289. The molecule has 0 fully saturated rings. The van der Waals surface area contributed by atoms with Gasteiger partial charge in [-0.2, -0.15) is 0 Å². The Balaban J connectivity index is 0.00000280. The second-order valence-corrected chi connectivity index (χ2v) is 6.74. The lowest BCUT2D eigenvalue weighted by Crippen LogP contribution is -2.38. The zero-order valence-corrected chi connectivity index (χ0v) is 19.1. The second kappa shape index (κ2) is 11.1. The van der Waals surface area contributed by atoms with Gasteiger partial charge in [0, 0.05) is 31.0 Å². The third-order valence-corrected chi connectivity index (χ3v) is 4.57. The maximum atomic E-state index is 6.09. The topological polar surface area (TPSA) is 54.2 Å². The van der Waals surface area contributed by atoms with Gasteiger partial charge in [-0.3, -0.25) is 4.99 Å². The standard InChI is InChI=1S/C21H24ClN5.HI/c1-16(18-9-6-10-19(22)13-18)26-21(23-2)25-14-20-24-11-12-27(20)15-17-7-4-3-5-8-17;/h3-13,16H,14-15H2,1-2H3,(H2,23,25,26);1H. The maximum Gasteiger partial charge on any atom is 0.191 e. The third kappa shape index (κ3) is 6.24. The van der Waals surface area contributed by atoms with E-state index in [0.29, 0.717) is 6.54 Å². The van der Waals surface area contributed by atoms with Crippen LogP contribution >= 0.6 is 35.6 Å². The van der Waals surface area contributed by atoms with Crippen molar-refractivity contribution >= 4 is 41.5 Å². The molecular weight excluding hydrogens is 485 g/mol. The summed E-state index contributed by atoms with van der Waals surface area (Å²) in [6.07, 6.45) is 3.82. The molecule has 0 aliphatic rings. The van der Waals surface area contributed by atoms with Gasteiger partial charge < -0.3 is 15.2 Å². The van der Waals surface area contributed by atoms with Crippen LogP contribution in [0.4, 0.5) is 0 Å². The molecule has 1 aromatic heterocycles. The lowest BCUT2D eigenvalue weighted by molar-refractivity contribution is 0.658. The summed E-state index contributed by atoms with van der Waals surface area (Å²) in [5, 5.41) is 7.45. The van der Waals surface area contributed by atoms with Crippen LogP contribution in [0.15, 0.2) is 72.0 Å². The Morgan fingerprint density at radius 3 is 2.68 bits per heavy atom. The smallest absolute Gasteiger partial charge is 0.191 e. The summed E-state index contributed by atoms with van der Waals surface area (Å²) in [5.74, 6) is 1.67. The fraction of sp³-hybridized carbons (Fsp3) is 0.238. The van der Waals surface area contributed by atoms with Crippen LogP contribution in [0.25, 0.3) is 0 Å². The summed E-state index contributed by atoms with van der Waals surface area (Å²) in [7, 11) is 1.76. The van der Waals surface area contributed by atoms with Crippen molar-refractivity contribution in [3.8, 4) is 0 Å². The van der Waals surface area contributed by atoms with Gasteiger partial charge in [0.1, 0.15) is 5.82 Å². The van der Waals surface area contributed by atoms with Crippen molar-refractivity contribution in [3.63, 3.8) is 0 Å². The molecule has 2 N–H and O–H groups in total. The zero-order valence-electron chi connectivity index (χ0n) is 16.0. The van der Waals surface area contributed by atoms with E-state index in [1.165, 1.54) is 5.56 Å². The molecule has 0 aliphatic carbocycles. The van der Waals surface area contributed by atoms with Crippen molar-refractivity contribution in [1.82, 2.24) is 20.2 Å². The molecule has 148 valence electrons. The molecule has 3 rings (SSSR count). The maximum absolute atomic E-state index is 6.09. The fourth-order valence-corrected chi connectivity index (χ4v) is 3.05. The molecule has 1 heterocycles. The van der Waals surface area contributed by atoms with Gasteiger partial charge in [-0.25, -0.2) is 4.98 Å². The highest BCUT2D eigenvalue weighted by molar-refractivity contribution is 14.0. The number of rotatable bonds is 6. The molecule has 2 aromatic carbocycles. The van der Waals surface area contributed by atoms with E-state index in [1.54, 1.807) is 7.05 Å². The van der Waals surface area contributed by atoms with Crippen LogP contribution in [0.5, 0.6) is 0 Å². The van der Waals surface area contributed by atoms with Crippen molar-refractivity contribution in [3.05, 3.63) is 89.0 Å². The first kappa shape index (κ1) is 22.2. The van der Waals surface area contributed by atoms with Crippen LogP contribution < -0.4 is 10.6 Å². The number of nitrogens with one attached hydrogen (secondary N) is 2.